The summed E-state index contributed by atoms with van der Waals surface area (Å²) in [6.45, 7) is 1.07. The zero-order valence-corrected chi connectivity index (χ0v) is 12.9. The van der Waals surface area contributed by atoms with Crippen LogP contribution in [0.15, 0.2) is 24.0 Å². The number of hydrogen-bond donors (Lipinski definition) is 2. The maximum atomic E-state index is 13.5. The van der Waals surface area contributed by atoms with Crippen LogP contribution < -0.4 is 16.2 Å². The zero-order valence-electron chi connectivity index (χ0n) is 12.9. The highest BCUT2D eigenvalue weighted by Crippen LogP contribution is 2.55. The van der Waals surface area contributed by atoms with Crippen molar-refractivity contribution in [3.63, 3.8) is 0 Å². The Morgan fingerprint density at radius 3 is 1.78 bits per heavy atom. The van der Waals surface area contributed by atoms with Crippen LogP contribution in [0, 0.1) is 6.92 Å². The molecule has 0 spiro atoms. The quantitative estimate of drug-likeness (QED) is 0.397. The van der Waals surface area contributed by atoms with E-state index in [0.29, 0.717) is 6.07 Å². The standard InChI is InChI=1S/C13H9F11N2O/c1-4-6(26)2-5(25)3-7(4)27-9(15)8(14)10(16,17)11(18,19)12(20,21)13(22,23)24/h2-3H,25-26H2,1H3. The Balaban J connectivity index is 3.41. The van der Waals surface area contributed by atoms with Crippen LogP contribution in [0.4, 0.5) is 59.7 Å². The van der Waals surface area contributed by atoms with Gasteiger partial charge in [0.15, 0.2) is 0 Å². The second kappa shape index (κ2) is 6.64. The van der Waals surface area contributed by atoms with Gasteiger partial charge in [0.1, 0.15) is 5.75 Å². The number of benzene rings is 1. The molecule has 27 heavy (non-hydrogen) atoms. The number of nitrogens with two attached hydrogens (primary N) is 2. The van der Waals surface area contributed by atoms with E-state index in [4.69, 9.17) is 11.5 Å². The van der Waals surface area contributed by atoms with Crippen molar-refractivity contribution in [1.29, 1.82) is 0 Å². The van der Waals surface area contributed by atoms with Gasteiger partial charge in [0.25, 0.3) is 0 Å². The second-order valence-corrected chi connectivity index (χ2v) is 5.14. The van der Waals surface area contributed by atoms with Crippen LogP contribution >= 0.6 is 0 Å². The SMILES string of the molecule is Cc1c(N)cc(N)cc1OC(F)=C(F)C(F)(F)C(F)(F)C(F)(F)C(F)(F)F. The molecule has 3 nitrogen and oxygen atoms in total. The monoisotopic (exact) mass is 418 g/mol. The molecule has 154 valence electrons. The fraction of sp³-hybridized carbons (Fsp3) is 0.385. The highest BCUT2D eigenvalue weighted by Gasteiger charge is 2.83. The van der Waals surface area contributed by atoms with Gasteiger partial charge >= 0.3 is 30.0 Å². The molecule has 0 saturated heterocycles. The van der Waals surface area contributed by atoms with Gasteiger partial charge in [-0.2, -0.15) is 48.3 Å². The van der Waals surface area contributed by atoms with Crippen molar-refractivity contribution in [3.05, 3.63) is 29.5 Å². The highest BCUT2D eigenvalue weighted by molar-refractivity contribution is 5.62. The Hall–Kier alpha value is -2.41. The van der Waals surface area contributed by atoms with E-state index in [2.05, 4.69) is 4.74 Å². The number of halogens is 11. The lowest BCUT2D eigenvalue weighted by Crippen LogP contribution is -2.61. The van der Waals surface area contributed by atoms with Crippen LogP contribution in [0.2, 0.25) is 0 Å². The zero-order chi connectivity index (χ0) is 21.6. The topological polar surface area (TPSA) is 61.3 Å². The van der Waals surface area contributed by atoms with Crippen LogP contribution in [0.3, 0.4) is 0 Å². The van der Waals surface area contributed by atoms with Crippen molar-refractivity contribution in [2.45, 2.75) is 30.9 Å². The molecule has 0 unspecified atom stereocenters. The Morgan fingerprint density at radius 2 is 1.33 bits per heavy atom. The van der Waals surface area contributed by atoms with E-state index in [9.17, 15) is 48.3 Å². The first-order valence-electron chi connectivity index (χ1n) is 6.47. The minimum Gasteiger partial charge on any atom is -0.429 e. The number of hydrogen-bond acceptors (Lipinski definition) is 3. The lowest BCUT2D eigenvalue weighted by molar-refractivity contribution is -0.392. The molecule has 0 aliphatic carbocycles. The molecular formula is C13H9F11N2O. The van der Waals surface area contributed by atoms with Gasteiger partial charge in [-0.05, 0) is 13.0 Å². The van der Waals surface area contributed by atoms with Gasteiger partial charge in [0.2, 0.25) is 5.83 Å². The molecule has 1 aromatic carbocycles. The number of nitrogen functional groups attached to an aromatic ring is 2. The van der Waals surface area contributed by atoms with Crippen LogP contribution in [0.25, 0.3) is 0 Å². The third-order valence-corrected chi connectivity index (χ3v) is 3.22. The second-order valence-electron chi connectivity index (χ2n) is 5.14. The number of rotatable bonds is 5. The molecule has 0 aliphatic rings. The molecule has 0 heterocycles. The Morgan fingerprint density at radius 1 is 0.852 bits per heavy atom. The lowest BCUT2D eigenvalue weighted by atomic mass is 10.0. The number of anilines is 2. The number of ether oxygens (including phenoxy) is 1. The van der Waals surface area contributed by atoms with E-state index in [1.54, 1.807) is 0 Å². The maximum absolute atomic E-state index is 13.5. The van der Waals surface area contributed by atoms with E-state index < -0.39 is 41.5 Å². The van der Waals surface area contributed by atoms with Gasteiger partial charge in [-0.3, -0.25) is 0 Å². The van der Waals surface area contributed by atoms with Gasteiger partial charge < -0.3 is 16.2 Å². The predicted molar refractivity (Wildman–Crippen MR) is 70.8 cm³/mol. The molecular weight excluding hydrogens is 409 g/mol. The molecule has 0 atom stereocenters. The number of alkyl halides is 9. The van der Waals surface area contributed by atoms with Gasteiger partial charge in [-0.25, -0.2) is 0 Å². The molecule has 0 aromatic heterocycles. The summed E-state index contributed by atoms with van der Waals surface area (Å²) in [5, 5.41) is 0. The van der Waals surface area contributed by atoms with Crippen molar-refractivity contribution in [3.8, 4) is 5.75 Å². The normalized spacial score (nSPS) is 14.8. The van der Waals surface area contributed by atoms with Crippen molar-refractivity contribution in [2.75, 3.05) is 11.5 Å². The third-order valence-electron chi connectivity index (χ3n) is 3.22. The Bertz CT molecular complexity index is 755. The highest BCUT2D eigenvalue weighted by atomic mass is 19.4. The smallest absolute Gasteiger partial charge is 0.429 e. The van der Waals surface area contributed by atoms with Gasteiger partial charge in [0, 0.05) is 23.0 Å². The largest absolute Gasteiger partial charge is 0.460 e. The lowest BCUT2D eigenvalue weighted by Gasteiger charge is -2.32. The molecule has 0 radical (unpaired) electrons. The van der Waals surface area contributed by atoms with E-state index in [1.807, 2.05) is 0 Å². The summed E-state index contributed by atoms with van der Waals surface area (Å²) in [5.41, 5.74) is 9.84. The molecule has 0 amide bonds. The molecule has 0 fully saturated rings. The molecule has 0 bridgehead atoms. The average Bonchev–Trinajstić information content (AvgIpc) is 2.49. The summed E-state index contributed by atoms with van der Waals surface area (Å²) in [6, 6.07) is -1.45. The van der Waals surface area contributed by atoms with Crippen molar-refractivity contribution in [1.82, 2.24) is 0 Å². The summed E-state index contributed by atoms with van der Waals surface area (Å²) in [5.74, 6) is -26.6. The molecule has 1 rings (SSSR count). The van der Waals surface area contributed by atoms with Crippen LogP contribution in [-0.2, 0) is 0 Å². The maximum Gasteiger partial charge on any atom is 0.460 e. The molecule has 0 saturated carbocycles. The van der Waals surface area contributed by atoms with E-state index in [0.717, 1.165) is 13.0 Å². The minimum absolute atomic E-state index is 0.237. The summed E-state index contributed by atoms with van der Waals surface area (Å²) < 4.78 is 145. The molecule has 14 heteroatoms. The Labute approximate surface area is 143 Å². The van der Waals surface area contributed by atoms with Gasteiger partial charge in [0.05, 0.1) is 0 Å². The summed E-state index contributed by atoms with van der Waals surface area (Å²) in [4.78, 5) is 0. The predicted octanol–water partition coefficient (Wildman–Crippen LogP) is 5.11. The van der Waals surface area contributed by atoms with E-state index >= 15 is 0 Å². The first kappa shape index (κ1) is 22.6. The first-order valence-corrected chi connectivity index (χ1v) is 6.47. The summed E-state index contributed by atoms with van der Waals surface area (Å²) >= 11 is 0. The Kier molecular flexibility index (Phi) is 5.56. The van der Waals surface area contributed by atoms with Crippen LogP contribution in [0.5, 0.6) is 5.75 Å². The van der Waals surface area contributed by atoms with E-state index in [-0.39, 0.29) is 16.9 Å². The van der Waals surface area contributed by atoms with Crippen molar-refractivity contribution in [2.24, 2.45) is 0 Å². The summed E-state index contributed by atoms with van der Waals surface area (Å²) in [6.07, 6.45) is -7.18. The summed E-state index contributed by atoms with van der Waals surface area (Å²) in [7, 11) is 0. The fourth-order valence-electron chi connectivity index (χ4n) is 1.62. The van der Waals surface area contributed by atoms with Crippen LogP contribution in [0.1, 0.15) is 5.56 Å². The van der Waals surface area contributed by atoms with Gasteiger partial charge in [-0.15, -0.1) is 0 Å². The van der Waals surface area contributed by atoms with Gasteiger partial charge in [-0.1, -0.05) is 0 Å². The molecule has 1 aromatic rings. The fourth-order valence-corrected chi connectivity index (χ4v) is 1.62. The first-order chi connectivity index (χ1) is 11.9. The number of allylic oxidation sites excluding steroid dienone is 1. The minimum atomic E-state index is -7.39. The van der Waals surface area contributed by atoms with Crippen molar-refractivity contribution >= 4 is 11.4 Å². The molecule has 4 N–H and O–H groups in total. The average molecular weight is 418 g/mol. The van der Waals surface area contributed by atoms with E-state index in [1.165, 1.54) is 0 Å². The van der Waals surface area contributed by atoms with Crippen molar-refractivity contribution < 1.29 is 53.0 Å². The molecule has 0 aliphatic heterocycles. The third kappa shape index (κ3) is 3.69. The van der Waals surface area contributed by atoms with Crippen LogP contribution in [-0.4, -0.2) is 23.9 Å².